The van der Waals surface area contributed by atoms with E-state index in [1.54, 1.807) is 11.8 Å². The summed E-state index contributed by atoms with van der Waals surface area (Å²) < 4.78 is 0. The lowest BCUT2D eigenvalue weighted by molar-refractivity contribution is 0.187. The van der Waals surface area contributed by atoms with Gasteiger partial charge in [0, 0.05) is 31.4 Å². The van der Waals surface area contributed by atoms with Gasteiger partial charge < -0.3 is 20.6 Å². The minimum atomic E-state index is -0.361. The van der Waals surface area contributed by atoms with Crippen molar-refractivity contribution in [3.63, 3.8) is 0 Å². The van der Waals surface area contributed by atoms with Gasteiger partial charge in [-0.25, -0.2) is 4.79 Å². The first-order valence-electron chi connectivity index (χ1n) is 7.55. The van der Waals surface area contributed by atoms with E-state index in [-0.39, 0.29) is 18.2 Å². The smallest absolute Gasteiger partial charge is 0.321 e. The van der Waals surface area contributed by atoms with E-state index in [2.05, 4.69) is 10.6 Å². The summed E-state index contributed by atoms with van der Waals surface area (Å²) in [6.07, 6.45) is -0.361. The number of hydrogen-bond acceptors (Lipinski definition) is 3. The molecule has 1 rings (SSSR count). The third-order valence-electron chi connectivity index (χ3n) is 3.43. The van der Waals surface area contributed by atoms with Gasteiger partial charge in [0.1, 0.15) is 0 Å². The monoisotopic (exact) mass is 293 g/mol. The first-order valence-corrected chi connectivity index (χ1v) is 7.55. The molecule has 0 saturated carbocycles. The summed E-state index contributed by atoms with van der Waals surface area (Å²) in [6, 6.07) is 7.85. The van der Waals surface area contributed by atoms with E-state index in [1.807, 2.05) is 45.0 Å². The summed E-state index contributed by atoms with van der Waals surface area (Å²) in [5.74, 6) is 0. The van der Waals surface area contributed by atoms with E-state index < -0.39 is 0 Å². The molecule has 21 heavy (non-hydrogen) atoms. The predicted molar refractivity (Wildman–Crippen MR) is 86.5 cm³/mol. The van der Waals surface area contributed by atoms with E-state index in [1.165, 1.54) is 0 Å². The van der Waals surface area contributed by atoms with Crippen LogP contribution in [0.15, 0.2) is 24.3 Å². The number of nitrogens with zero attached hydrogens (tertiary/aromatic N) is 1. The zero-order valence-corrected chi connectivity index (χ0v) is 13.4. The highest BCUT2D eigenvalue weighted by Crippen LogP contribution is 2.16. The van der Waals surface area contributed by atoms with E-state index in [0.29, 0.717) is 19.6 Å². The molecule has 1 aromatic carbocycles. The second-order valence-electron chi connectivity index (χ2n) is 5.20. The summed E-state index contributed by atoms with van der Waals surface area (Å²) in [7, 11) is 0. The first kappa shape index (κ1) is 17.5. The molecule has 0 aromatic heterocycles. The van der Waals surface area contributed by atoms with Gasteiger partial charge in [-0.1, -0.05) is 12.1 Å². The van der Waals surface area contributed by atoms with Crippen molar-refractivity contribution in [2.24, 2.45) is 0 Å². The number of carbonyl (C=O) groups excluding carboxylic acids is 1. The lowest BCUT2D eigenvalue weighted by atomic mass is 10.1. The maximum atomic E-state index is 11.9. The molecule has 0 spiro atoms. The van der Waals surface area contributed by atoms with Crippen molar-refractivity contribution in [3.8, 4) is 0 Å². The molecule has 5 nitrogen and oxygen atoms in total. The number of urea groups is 1. The Balaban J connectivity index is 2.59. The van der Waals surface area contributed by atoms with Crippen molar-refractivity contribution in [1.29, 1.82) is 0 Å². The van der Waals surface area contributed by atoms with Crippen molar-refractivity contribution in [2.75, 3.05) is 25.0 Å². The van der Waals surface area contributed by atoms with Crippen LogP contribution in [0.1, 0.15) is 39.3 Å². The zero-order valence-electron chi connectivity index (χ0n) is 13.4. The molecular weight excluding hydrogens is 266 g/mol. The molecule has 1 aromatic rings. The van der Waals surface area contributed by atoms with Gasteiger partial charge in [-0.05, 0) is 45.4 Å². The number of amides is 2. The van der Waals surface area contributed by atoms with Gasteiger partial charge in [-0.3, -0.25) is 0 Å². The lowest BCUT2D eigenvalue weighted by Crippen LogP contribution is -2.34. The highest BCUT2D eigenvalue weighted by atomic mass is 16.3. The summed E-state index contributed by atoms with van der Waals surface area (Å²) in [5, 5.41) is 15.4. The number of hydrogen-bond donors (Lipinski definition) is 3. The molecule has 2 amide bonds. The van der Waals surface area contributed by atoms with E-state index >= 15 is 0 Å². The molecule has 0 saturated heterocycles. The van der Waals surface area contributed by atoms with Crippen LogP contribution < -0.4 is 10.6 Å². The molecule has 5 heteroatoms. The Kier molecular flexibility index (Phi) is 7.19. The van der Waals surface area contributed by atoms with Gasteiger partial charge in [0.15, 0.2) is 0 Å². The van der Waals surface area contributed by atoms with Crippen LogP contribution in [0.4, 0.5) is 10.5 Å². The molecule has 0 bridgehead atoms. The molecule has 0 aliphatic carbocycles. The fourth-order valence-corrected chi connectivity index (χ4v) is 2.03. The molecule has 0 aliphatic heterocycles. The Morgan fingerprint density at radius 3 is 2.24 bits per heavy atom. The highest BCUT2D eigenvalue weighted by Gasteiger charge is 2.10. The van der Waals surface area contributed by atoms with Gasteiger partial charge in [-0.2, -0.15) is 0 Å². The molecule has 0 radical (unpaired) electrons. The molecule has 3 N–H and O–H groups in total. The fraction of sp³-hybridized carbons (Fsp3) is 0.562. The fourth-order valence-electron chi connectivity index (χ4n) is 2.03. The largest absolute Gasteiger partial charge is 0.392 e. The molecule has 0 fully saturated rings. The Hall–Kier alpha value is -1.59. The molecule has 118 valence electrons. The second kappa shape index (κ2) is 8.64. The summed E-state index contributed by atoms with van der Waals surface area (Å²) in [6.45, 7) is 9.67. The maximum Gasteiger partial charge on any atom is 0.321 e. The zero-order chi connectivity index (χ0) is 15.8. The van der Waals surface area contributed by atoms with Crippen molar-refractivity contribution < 1.29 is 9.90 Å². The minimum Gasteiger partial charge on any atom is -0.392 e. The summed E-state index contributed by atoms with van der Waals surface area (Å²) in [4.78, 5) is 13.7. The number of anilines is 1. The molecule has 2 atom stereocenters. The standard InChI is InChI=1S/C16H27N3O2/c1-5-19(6-2)16(21)18-15-9-7-14(8-10-15)13(4)17-11-12(3)20/h7-10,12-13,17,20H,5-6,11H2,1-4H3,(H,18,21). The summed E-state index contributed by atoms with van der Waals surface area (Å²) in [5.41, 5.74) is 1.91. The lowest BCUT2D eigenvalue weighted by Gasteiger charge is -2.20. The topological polar surface area (TPSA) is 64.6 Å². The number of aliphatic hydroxyl groups is 1. The Morgan fingerprint density at radius 2 is 1.76 bits per heavy atom. The number of benzene rings is 1. The minimum absolute atomic E-state index is 0.0759. The average Bonchev–Trinajstić information content (AvgIpc) is 2.46. The van der Waals surface area contributed by atoms with E-state index in [9.17, 15) is 9.90 Å². The van der Waals surface area contributed by atoms with Crippen LogP contribution in [0.25, 0.3) is 0 Å². The molecule has 0 heterocycles. The van der Waals surface area contributed by atoms with Crippen LogP contribution >= 0.6 is 0 Å². The van der Waals surface area contributed by atoms with Crippen LogP contribution in [0.3, 0.4) is 0 Å². The number of carbonyl (C=O) groups is 1. The predicted octanol–water partition coefficient (Wildman–Crippen LogP) is 2.59. The van der Waals surface area contributed by atoms with Crippen molar-refractivity contribution >= 4 is 11.7 Å². The highest BCUT2D eigenvalue weighted by molar-refractivity contribution is 5.89. The van der Waals surface area contributed by atoms with Crippen LogP contribution in [0.5, 0.6) is 0 Å². The third-order valence-corrected chi connectivity index (χ3v) is 3.43. The van der Waals surface area contributed by atoms with Crippen molar-refractivity contribution in [3.05, 3.63) is 29.8 Å². The quantitative estimate of drug-likeness (QED) is 0.724. The maximum absolute atomic E-state index is 11.9. The van der Waals surface area contributed by atoms with Crippen molar-refractivity contribution in [1.82, 2.24) is 10.2 Å². The van der Waals surface area contributed by atoms with Gasteiger partial charge in [0.25, 0.3) is 0 Å². The first-order chi connectivity index (χ1) is 9.97. The van der Waals surface area contributed by atoms with Gasteiger partial charge >= 0.3 is 6.03 Å². The van der Waals surface area contributed by atoms with E-state index in [4.69, 9.17) is 0 Å². The molecular formula is C16H27N3O2. The number of aliphatic hydroxyl groups excluding tert-OH is 1. The van der Waals surface area contributed by atoms with Gasteiger partial charge in [0.05, 0.1) is 6.10 Å². The summed E-state index contributed by atoms with van der Waals surface area (Å²) >= 11 is 0. The Labute approximate surface area is 127 Å². The van der Waals surface area contributed by atoms with Crippen LogP contribution in [0.2, 0.25) is 0 Å². The van der Waals surface area contributed by atoms with Crippen LogP contribution in [-0.2, 0) is 0 Å². The Morgan fingerprint density at radius 1 is 1.19 bits per heavy atom. The van der Waals surface area contributed by atoms with Gasteiger partial charge in [0.2, 0.25) is 0 Å². The van der Waals surface area contributed by atoms with Crippen LogP contribution in [-0.4, -0.2) is 41.8 Å². The third kappa shape index (κ3) is 5.73. The SMILES string of the molecule is CCN(CC)C(=O)Nc1ccc(C(C)NCC(C)O)cc1. The number of nitrogens with one attached hydrogen (secondary N) is 2. The van der Waals surface area contributed by atoms with Gasteiger partial charge in [-0.15, -0.1) is 0 Å². The second-order valence-corrected chi connectivity index (χ2v) is 5.20. The normalized spacial score (nSPS) is 13.6. The van der Waals surface area contributed by atoms with E-state index in [0.717, 1.165) is 11.3 Å². The molecule has 2 unspecified atom stereocenters. The average molecular weight is 293 g/mol. The molecule has 0 aliphatic rings. The number of rotatable bonds is 7. The Bertz CT molecular complexity index is 428. The van der Waals surface area contributed by atoms with Crippen molar-refractivity contribution in [2.45, 2.75) is 39.8 Å². The van der Waals surface area contributed by atoms with Crippen LogP contribution in [0, 0.1) is 0 Å².